The molecule has 0 saturated carbocycles. The fourth-order valence-electron chi connectivity index (χ4n) is 7.55. The SMILES string of the molecule is NNc1ccc(C(=O)NC(CCC(=O)O)C(=O)CC(CCC(=O)O)C(=O)NCc2ccc(C(=O)NC(Cc3ccc4ccccc4c3)C(=O)NCCCCC(NC(=O)NC(CCC(=O)O)C(=O)O)C(=O)O)cc2)cn1. The number of carboxylic acid groups (broad SMARTS) is 5. The van der Waals surface area contributed by atoms with Crippen LogP contribution < -0.4 is 43.2 Å². The van der Waals surface area contributed by atoms with Crippen molar-refractivity contribution in [2.75, 3.05) is 12.0 Å². The molecule has 25 nitrogen and oxygen atoms in total. The second kappa shape index (κ2) is 29.5. The molecule has 0 saturated heterocycles. The lowest BCUT2D eigenvalue weighted by molar-refractivity contribution is -0.141. The maximum Gasteiger partial charge on any atom is 0.326 e. The van der Waals surface area contributed by atoms with E-state index in [0.717, 1.165) is 16.3 Å². The zero-order chi connectivity index (χ0) is 55.0. The van der Waals surface area contributed by atoms with Crippen LogP contribution in [-0.2, 0) is 51.3 Å². The fraction of sp³-hybridized carbons (Fsp3) is 0.360. The Morgan fingerprint density at radius 3 is 1.69 bits per heavy atom. The van der Waals surface area contributed by atoms with Gasteiger partial charge in [-0.15, -0.1) is 0 Å². The quantitative estimate of drug-likeness (QED) is 0.0189. The Labute approximate surface area is 428 Å². The highest BCUT2D eigenvalue weighted by atomic mass is 16.4. The Morgan fingerprint density at radius 2 is 1.09 bits per heavy atom. The monoisotopic (exact) mass is 1040 g/mol. The van der Waals surface area contributed by atoms with Gasteiger partial charge in [0.2, 0.25) is 11.8 Å². The summed E-state index contributed by atoms with van der Waals surface area (Å²) >= 11 is 0. The Bertz CT molecular complexity index is 2700. The number of Topliss-reactive ketones (excluding diaryl/α,β-unsaturated/α-hetero) is 1. The van der Waals surface area contributed by atoms with Crippen molar-refractivity contribution in [1.82, 2.24) is 36.9 Å². The molecule has 3 aromatic carbocycles. The first-order valence-electron chi connectivity index (χ1n) is 23.6. The number of anilines is 1. The molecule has 14 N–H and O–H groups in total. The summed E-state index contributed by atoms with van der Waals surface area (Å²) in [5, 5.41) is 63.2. The van der Waals surface area contributed by atoms with Crippen LogP contribution >= 0.6 is 0 Å². The first-order valence-corrected chi connectivity index (χ1v) is 23.6. The summed E-state index contributed by atoms with van der Waals surface area (Å²) in [4.78, 5) is 141. The molecule has 6 amide bonds. The maximum atomic E-state index is 13.7. The predicted octanol–water partition coefficient (Wildman–Crippen LogP) is 1.94. The highest BCUT2D eigenvalue weighted by Crippen LogP contribution is 2.19. The van der Waals surface area contributed by atoms with Gasteiger partial charge in [-0.25, -0.2) is 25.2 Å². The molecule has 400 valence electrons. The summed E-state index contributed by atoms with van der Waals surface area (Å²) in [6.45, 7) is -0.0893. The lowest BCUT2D eigenvalue weighted by Gasteiger charge is -2.21. The smallest absolute Gasteiger partial charge is 0.326 e. The van der Waals surface area contributed by atoms with E-state index < -0.39 is 127 Å². The minimum absolute atomic E-state index is 0.0317. The van der Waals surface area contributed by atoms with Gasteiger partial charge in [0.25, 0.3) is 11.8 Å². The lowest BCUT2D eigenvalue weighted by Crippen LogP contribution is -2.51. The van der Waals surface area contributed by atoms with Crippen molar-refractivity contribution >= 4 is 81.9 Å². The number of benzene rings is 3. The number of fused-ring (bicyclic) bond motifs is 1. The van der Waals surface area contributed by atoms with Crippen molar-refractivity contribution in [3.63, 3.8) is 0 Å². The predicted molar refractivity (Wildman–Crippen MR) is 266 cm³/mol. The van der Waals surface area contributed by atoms with Crippen LogP contribution in [0.4, 0.5) is 10.6 Å². The van der Waals surface area contributed by atoms with Crippen LogP contribution in [0.1, 0.15) is 96.1 Å². The minimum atomic E-state index is -1.58. The maximum absolute atomic E-state index is 13.7. The van der Waals surface area contributed by atoms with Crippen molar-refractivity contribution in [2.24, 2.45) is 11.8 Å². The summed E-state index contributed by atoms with van der Waals surface area (Å²) < 4.78 is 0. The van der Waals surface area contributed by atoms with Crippen molar-refractivity contribution < 1.29 is 78.3 Å². The third-order valence-corrected chi connectivity index (χ3v) is 11.7. The fourth-order valence-corrected chi connectivity index (χ4v) is 7.55. The van der Waals surface area contributed by atoms with E-state index in [-0.39, 0.29) is 68.6 Å². The molecule has 0 aliphatic heterocycles. The molecular weight excluding hydrogens is 983 g/mol. The van der Waals surface area contributed by atoms with Crippen LogP contribution in [0.25, 0.3) is 10.8 Å². The van der Waals surface area contributed by atoms with Crippen LogP contribution in [0.5, 0.6) is 0 Å². The first-order chi connectivity index (χ1) is 35.7. The van der Waals surface area contributed by atoms with Crippen molar-refractivity contribution in [2.45, 2.75) is 101 Å². The van der Waals surface area contributed by atoms with E-state index in [1.54, 1.807) is 0 Å². The summed E-state index contributed by atoms with van der Waals surface area (Å²) in [7, 11) is 0. The number of carbonyl (C=O) groups is 11. The number of hydrogen-bond acceptors (Lipinski definition) is 14. The highest BCUT2D eigenvalue weighted by molar-refractivity contribution is 5.99. The van der Waals surface area contributed by atoms with Crippen LogP contribution in [0.2, 0.25) is 0 Å². The molecule has 25 heteroatoms. The van der Waals surface area contributed by atoms with Crippen LogP contribution in [-0.4, -0.2) is 127 Å². The number of hydrazine groups is 1. The molecule has 5 atom stereocenters. The molecule has 4 aromatic rings. The van der Waals surface area contributed by atoms with Gasteiger partial charge in [-0.3, -0.25) is 38.4 Å². The van der Waals surface area contributed by atoms with E-state index in [1.165, 1.54) is 42.6 Å². The largest absolute Gasteiger partial charge is 0.481 e. The third-order valence-electron chi connectivity index (χ3n) is 11.7. The number of nitrogen functional groups attached to an aromatic ring is 1. The molecule has 1 aromatic heterocycles. The first kappa shape index (κ1) is 58.6. The van der Waals surface area contributed by atoms with Crippen LogP contribution in [0.15, 0.2) is 85.1 Å². The number of aromatic nitrogens is 1. The molecule has 0 fully saturated rings. The Kier molecular flexibility index (Phi) is 23.0. The molecule has 0 aliphatic rings. The number of amides is 6. The molecule has 0 bridgehead atoms. The summed E-state index contributed by atoms with van der Waals surface area (Å²) in [5.41, 5.74) is 3.68. The van der Waals surface area contributed by atoms with E-state index in [1.807, 2.05) is 42.5 Å². The van der Waals surface area contributed by atoms with Crippen molar-refractivity contribution in [1.29, 1.82) is 0 Å². The zero-order valence-electron chi connectivity index (χ0n) is 40.4. The Morgan fingerprint density at radius 1 is 0.533 bits per heavy atom. The second-order valence-corrected chi connectivity index (χ2v) is 17.3. The van der Waals surface area contributed by atoms with Gasteiger partial charge in [0.05, 0.1) is 11.6 Å². The Hall–Kier alpha value is -9.00. The summed E-state index contributed by atoms with van der Waals surface area (Å²) in [6, 6.07) is 15.2. The number of rotatable bonds is 32. The van der Waals surface area contributed by atoms with Crippen LogP contribution in [0.3, 0.4) is 0 Å². The molecular formula is C50H59N9O16. The lowest BCUT2D eigenvalue weighted by atomic mass is 9.91. The number of pyridine rings is 1. The number of unbranched alkanes of at least 4 members (excludes halogenated alkanes) is 1. The third kappa shape index (κ3) is 20.2. The number of nitrogens with two attached hydrogens (primary N) is 1. The van der Waals surface area contributed by atoms with Gasteiger partial charge in [-0.05, 0) is 84.7 Å². The van der Waals surface area contributed by atoms with E-state index >= 15 is 0 Å². The number of nitrogens with zero attached hydrogens (tertiary/aromatic N) is 1. The van der Waals surface area contributed by atoms with Gasteiger partial charge in [0.1, 0.15) is 23.9 Å². The van der Waals surface area contributed by atoms with E-state index in [4.69, 9.17) is 10.9 Å². The summed E-state index contributed by atoms with van der Waals surface area (Å²) in [6.07, 6.45) is -1.57. The highest BCUT2D eigenvalue weighted by Gasteiger charge is 2.30. The van der Waals surface area contributed by atoms with Gasteiger partial charge in [-0.1, -0.05) is 54.6 Å². The average molecular weight is 1040 g/mol. The molecule has 4 rings (SSSR count). The zero-order valence-corrected chi connectivity index (χ0v) is 40.4. The molecule has 0 aliphatic carbocycles. The molecule has 0 radical (unpaired) electrons. The molecule has 0 spiro atoms. The van der Waals surface area contributed by atoms with E-state index in [2.05, 4.69) is 42.3 Å². The number of aliphatic carboxylic acids is 5. The van der Waals surface area contributed by atoms with Crippen molar-refractivity contribution in [3.05, 3.63) is 107 Å². The van der Waals surface area contributed by atoms with Crippen molar-refractivity contribution in [3.8, 4) is 0 Å². The molecule has 1 heterocycles. The standard InChI is InChI=1S/C50H59N9O16/c51-59-40-18-14-34(27-53-40)46(69)55-35(16-20-42(63)64)39(60)25-33(15-19-41(61)62)44(67)54-26-28-8-12-31(13-9-28)45(68)56-38(24-29-10-11-30-5-1-2-6-32(30)23-29)47(70)52-22-4-3-7-36(48(71)72)57-50(75)58-37(49(73)74)17-21-43(65)66/h1-2,5-6,8-14,18,23,27,33,35-38H,3-4,7,15-17,19-22,24-26,51H2,(H,52,70)(H,53,59)(H,54,67)(H,55,69)(H,56,68)(H,61,62)(H,63,64)(H,65,66)(H,71,72)(H,73,74)(H2,57,58,75). The average Bonchev–Trinajstić information content (AvgIpc) is 3.38. The summed E-state index contributed by atoms with van der Waals surface area (Å²) in [5.74, 6) is -5.68. The normalized spacial score (nSPS) is 12.8. The number of urea groups is 1. The number of nitrogens with one attached hydrogen (secondary N) is 7. The van der Waals surface area contributed by atoms with Gasteiger partial charge in [0.15, 0.2) is 5.78 Å². The van der Waals surface area contributed by atoms with Gasteiger partial charge >= 0.3 is 35.9 Å². The van der Waals surface area contributed by atoms with E-state index in [9.17, 15) is 73.2 Å². The molecule has 5 unspecified atom stereocenters. The van der Waals surface area contributed by atoms with Gasteiger partial charge in [0, 0.05) is 62.9 Å². The number of hydrogen-bond donors (Lipinski definition) is 13. The Balaban J connectivity index is 1.38. The van der Waals surface area contributed by atoms with Gasteiger partial charge < -0.3 is 62.9 Å². The minimum Gasteiger partial charge on any atom is -0.481 e. The number of carboxylic acids is 5. The molecule has 75 heavy (non-hydrogen) atoms. The topological polar surface area (TPSA) is 412 Å². The van der Waals surface area contributed by atoms with E-state index in [0.29, 0.717) is 5.56 Å². The second-order valence-electron chi connectivity index (χ2n) is 17.3. The van der Waals surface area contributed by atoms with Crippen LogP contribution in [0, 0.1) is 5.92 Å². The van der Waals surface area contributed by atoms with Gasteiger partial charge in [-0.2, -0.15) is 0 Å². The number of carbonyl (C=O) groups excluding carboxylic acids is 6. The number of ketones is 1.